The Labute approximate surface area is 176 Å². The molecule has 3 N–H and O–H groups in total. The Kier molecular flexibility index (Phi) is 5.52. The van der Waals surface area contributed by atoms with Crippen molar-refractivity contribution in [2.45, 2.75) is 13.8 Å². The Bertz CT molecular complexity index is 1130. The highest BCUT2D eigenvalue weighted by Crippen LogP contribution is 2.17. The minimum Gasteiger partial charge on any atom is -0.477 e. The van der Waals surface area contributed by atoms with Gasteiger partial charge in [0.2, 0.25) is 0 Å². The van der Waals surface area contributed by atoms with Gasteiger partial charge >= 0.3 is 5.97 Å². The third-order valence-corrected chi connectivity index (χ3v) is 4.89. The van der Waals surface area contributed by atoms with E-state index >= 15 is 0 Å². The third-order valence-electron chi connectivity index (χ3n) is 3.95. The van der Waals surface area contributed by atoms with Gasteiger partial charge < -0.3 is 10.8 Å². The zero-order chi connectivity index (χ0) is 20.6. The molecule has 0 spiro atoms. The van der Waals surface area contributed by atoms with E-state index in [9.17, 15) is 9.59 Å². The van der Waals surface area contributed by atoms with Crippen molar-refractivity contribution >= 4 is 55.0 Å². The molecule has 10 heteroatoms. The van der Waals surface area contributed by atoms with Gasteiger partial charge in [0.15, 0.2) is 5.69 Å². The molecular formula is C18H15Br2N5O3. The lowest BCUT2D eigenvalue weighted by Crippen LogP contribution is -2.15. The van der Waals surface area contributed by atoms with Crippen LogP contribution in [-0.4, -0.2) is 35.8 Å². The van der Waals surface area contributed by atoms with Gasteiger partial charge in [-0.2, -0.15) is 0 Å². The van der Waals surface area contributed by atoms with Gasteiger partial charge in [0, 0.05) is 21.3 Å². The maximum atomic E-state index is 11.2. The van der Waals surface area contributed by atoms with Crippen molar-refractivity contribution in [1.82, 2.24) is 18.8 Å². The number of hydrogen-bond acceptors (Lipinski definition) is 4. The number of aryl methyl sites for hydroxylation is 2. The van der Waals surface area contributed by atoms with Gasteiger partial charge in [-0.05, 0) is 70.0 Å². The van der Waals surface area contributed by atoms with E-state index in [-0.39, 0.29) is 5.69 Å². The molecule has 0 unspecified atom stereocenters. The second-order valence-corrected chi connectivity index (χ2v) is 7.74. The van der Waals surface area contributed by atoms with Crippen molar-refractivity contribution in [3.05, 3.63) is 68.4 Å². The summed E-state index contributed by atoms with van der Waals surface area (Å²) in [7, 11) is 0. The smallest absolute Gasteiger partial charge is 0.354 e. The highest BCUT2D eigenvalue weighted by Gasteiger charge is 2.15. The number of hydrogen-bond donors (Lipinski definition) is 2. The number of carbonyl (C=O) groups is 2. The van der Waals surface area contributed by atoms with E-state index < -0.39 is 11.9 Å². The maximum absolute atomic E-state index is 11.2. The number of aromatic nitrogens is 4. The summed E-state index contributed by atoms with van der Waals surface area (Å²) in [5.74, 6) is -1.43. The lowest BCUT2D eigenvalue weighted by Gasteiger charge is -1.98. The first-order chi connectivity index (χ1) is 13.2. The van der Waals surface area contributed by atoms with E-state index in [0.717, 1.165) is 14.6 Å². The average Bonchev–Trinajstić information content (AvgIpc) is 3.09. The summed E-state index contributed by atoms with van der Waals surface area (Å²) < 4.78 is 4.94. The molecule has 0 aromatic carbocycles. The monoisotopic (exact) mass is 507 g/mol. The van der Waals surface area contributed by atoms with Gasteiger partial charge in [-0.1, -0.05) is 0 Å². The number of halogens is 2. The topological polar surface area (TPSA) is 115 Å². The summed E-state index contributed by atoms with van der Waals surface area (Å²) in [5, 5.41) is 8.97. The Balaban J connectivity index is 0.000000161. The fourth-order valence-electron chi connectivity index (χ4n) is 2.83. The summed E-state index contributed by atoms with van der Waals surface area (Å²) in [6.07, 6.45) is 3.47. The maximum Gasteiger partial charge on any atom is 0.354 e. The number of fused-ring (bicyclic) bond motifs is 2. The Hall–Kier alpha value is -2.72. The van der Waals surface area contributed by atoms with Crippen molar-refractivity contribution in [2.75, 3.05) is 0 Å². The molecule has 0 aliphatic rings. The second-order valence-electron chi connectivity index (χ2n) is 5.91. The molecule has 1 amide bonds. The third kappa shape index (κ3) is 3.78. The number of pyridine rings is 2. The van der Waals surface area contributed by atoms with Crippen LogP contribution in [-0.2, 0) is 0 Å². The molecule has 4 heterocycles. The van der Waals surface area contributed by atoms with E-state index in [4.69, 9.17) is 10.8 Å². The lowest BCUT2D eigenvalue weighted by atomic mass is 10.3. The summed E-state index contributed by atoms with van der Waals surface area (Å²) in [4.78, 5) is 30.4. The van der Waals surface area contributed by atoms with Crippen LogP contribution in [0.1, 0.15) is 32.4 Å². The second kappa shape index (κ2) is 7.72. The van der Waals surface area contributed by atoms with Crippen LogP contribution in [0, 0.1) is 13.8 Å². The van der Waals surface area contributed by atoms with E-state index in [1.165, 1.54) is 0 Å². The largest absolute Gasteiger partial charge is 0.477 e. The SMILES string of the molecule is Cc1nc2ccc(Br)cn2c1C(=O)O.Cc1nc2ccc(Br)cn2c1C(N)=O. The standard InChI is InChI=1S/C9H8BrN3O.C9H7BrN2O2/c1-5-8(9(11)14)13-4-6(10)2-3-7(13)12-5;1-5-8(9(13)14)12-4-6(10)2-3-7(12)11-5/h2-4H,1H3,(H2,11,14);2-4H,1H3,(H,13,14). The van der Waals surface area contributed by atoms with Gasteiger partial charge in [0.05, 0.1) is 11.4 Å². The van der Waals surface area contributed by atoms with Crippen LogP contribution >= 0.6 is 31.9 Å². The van der Waals surface area contributed by atoms with Gasteiger partial charge in [0.1, 0.15) is 17.0 Å². The summed E-state index contributed by atoms with van der Waals surface area (Å²) in [6, 6.07) is 7.28. The molecule has 0 saturated carbocycles. The van der Waals surface area contributed by atoms with Crippen LogP contribution in [0.5, 0.6) is 0 Å². The predicted octanol–water partition coefficient (Wildman–Crippen LogP) is 3.61. The molecule has 0 aliphatic carbocycles. The predicted molar refractivity (Wildman–Crippen MR) is 111 cm³/mol. The highest BCUT2D eigenvalue weighted by atomic mass is 79.9. The number of aromatic carboxylic acids is 1. The first-order valence-electron chi connectivity index (χ1n) is 8.00. The Morgan fingerprint density at radius 1 is 0.893 bits per heavy atom. The Morgan fingerprint density at radius 2 is 1.32 bits per heavy atom. The van der Waals surface area contributed by atoms with E-state index in [2.05, 4.69) is 41.8 Å². The number of carboxylic acid groups (broad SMARTS) is 1. The number of carbonyl (C=O) groups excluding carboxylic acids is 1. The van der Waals surface area contributed by atoms with Crippen molar-refractivity contribution in [2.24, 2.45) is 5.73 Å². The Morgan fingerprint density at radius 3 is 1.75 bits per heavy atom. The number of nitrogens with zero attached hydrogens (tertiary/aromatic N) is 4. The number of imidazole rings is 2. The van der Waals surface area contributed by atoms with Crippen LogP contribution in [0.4, 0.5) is 0 Å². The van der Waals surface area contributed by atoms with Crippen LogP contribution in [0.3, 0.4) is 0 Å². The number of nitrogens with two attached hydrogens (primary N) is 1. The summed E-state index contributed by atoms with van der Waals surface area (Å²) >= 11 is 6.61. The number of rotatable bonds is 2. The van der Waals surface area contributed by atoms with Crippen molar-refractivity contribution in [1.29, 1.82) is 0 Å². The zero-order valence-electron chi connectivity index (χ0n) is 14.8. The normalized spacial score (nSPS) is 10.7. The molecule has 28 heavy (non-hydrogen) atoms. The van der Waals surface area contributed by atoms with E-state index in [1.807, 2.05) is 18.2 Å². The van der Waals surface area contributed by atoms with Crippen molar-refractivity contribution in [3.8, 4) is 0 Å². The number of amides is 1. The molecule has 0 bridgehead atoms. The van der Waals surface area contributed by atoms with Gasteiger partial charge in [-0.3, -0.25) is 13.6 Å². The summed E-state index contributed by atoms with van der Waals surface area (Å²) in [5.41, 5.74) is 8.44. The van der Waals surface area contributed by atoms with Gasteiger partial charge in [0.25, 0.3) is 5.91 Å². The first kappa shape index (κ1) is 20.0. The molecule has 8 nitrogen and oxygen atoms in total. The molecule has 0 radical (unpaired) electrons. The zero-order valence-corrected chi connectivity index (χ0v) is 18.0. The average molecular weight is 509 g/mol. The highest BCUT2D eigenvalue weighted by molar-refractivity contribution is 9.10. The quantitative estimate of drug-likeness (QED) is 0.429. The minimum absolute atomic E-state index is 0.210. The molecule has 4 rings (SSSR count). The summed E-state index contributed by atoms with van der Waals surface area (Å²) in [6.45, 7) is 3.45. The van der Waals surface area contributed by atoms with E-state index in [1.54, 1.807) is 41.1 Å². The minimum atomic E-state index is -0.965. The molecule has 4 aromatic rings. The van der Waals surface area contributed by atoms with Crippen LogP contribution in [0.15, 0.2) is 45.6 Å². The van der Waals surface area contributed by atoms with Gasteiger partial charge in [-0.15, -0.1) is 0 Å². The molecule has 4 aromatic heterocycles. The molecular weight excluding hydrogens is 494 g/mol. The molecule has 0 saturated heterocycles. The van der Waals surface area contributed by atoms with Crippen LogP contribution in [0.25, 0.3) is 11.3 Å². The fraction of sp³-hybridized carbons (Fsp3) is 0.111. The number of primary amides is 1. The van der Waals surface area contributed by atoms with E-state index in [0.29, 0.717) is 22.7 Å². The number of carboxylic acids is 1. The van der Waals surface area contributed by atoms with Gasteiger partial charge in [-0.25, -0.2) is 14.8 Å². The molecule has 0 aliphatic heterocycles. The fourth-order valence-corrected chi connectivity index (χ4v) is 3.50. The molecule has 0 atom stereocenters. The molecule has 0 fully saturated rings. The van der Waals surface area contributed by atoms with Crippen molar-refractivity contribution in [3.63, 3.8) is 0 Å². The van der Waals surface area contributed by atoms with Crippen LogP contribution in [0.2, 0.25) is 0 Å². The van der Waals surface area contributed by atoms with Crippen LogP contribution < -0.4 is 5.73 Å². The first-order valence-corrected chi connectivity index (χ1v) is 9.59. The molecule has 144 valence electrons. The lowest BCUT2D eigenvalue weighted by molar-refractivity contribution is 0.0688. The van der Waals surface area contributed by atoms with Crippen molar-refractivity contribution < 1.29 is 14.7 Å².